The van der Waals surface area contributed by atoms with Gasteiger partial charge in [0, 0.05) is 22.9 Å². The Bertz CT molecular complexity index is 404. The number of nitro benzene ring substituents is 1. The number of hydrogen-bond acceptors (Lipinski definition) is 5. The van der Waals surface area contributed by atoms with Crippen LogP contribution in [-0.2, 0) is 0 Å². The summed E-state index contributed by atoms with van der Waals surface area (Å²) in [4.78, 5) is 21.6. The molecule has 0 aromatic heterocycles. The zero-order valence-electron chi connectivity index (χ0n) is 9.33. The molecule has 0 spiro atoms. The van der Waals surface area contributed by atoms with Crippen molar-refractivity contribution in [2.24, 2.45) is 0 Å². The van der Waals surface area contributed by atoms with Gasteiger partial charge in [-0.3, -0.25) is 14.9 Å². The van der Waals surface area contributed by atoms with Crippen molar-refractivity contribution in [2.75, 3.05) is 12.4 Å². The zero-order valence-corrected chi connectivity index (χ0v) is 10.1. The summed E-state index contributed by atoms with van der Waals surface area (Å²) in [5.74, 6) is 0.171. The van der Waals surface area contributed by atoms with Crippen molar-refractivity contribution in [3.63, 3.8) is 0 Å². The van der Waals surface area contributed by atoms with Gasteiger partial charge in [-0.05, 0) is 12.1 Å². The molecule has 5 nitrogen and oxygen atoms in total. The van der Waals surface area contributed by atoms with Crippen molar-refractivity contribution in [2.45, 2.75) is 12.2 Å². The molecule has 0 aliphatic rings. The van der Waals surface area contributed by atoms with Crippen LogP contribution >= 0.6 is 11.8 Å². The Morgan fingerprint density at radius 1 is 1.47 bits per heavy atom. The number of carbonyl (C=O) groups excluding carboxylic acids is 1. The lowest BCUT2D eigenvalue weighted by atomic mass is 10.1. The first-order valence-electron chi connectivity index (χ1n) is 5.04. The fourth-order valence-corrected chi connectivity index (χ4v) is 1.83. The zero-order chi connectivity index (χ0) is 12.8. The van der Waals surface area contributed by atoms with Gasteiger partial charge in [-0.25, -0.2) is 0 Å². The Labute approximate surface area is 103 Å². The van der Waals surface area contributed by atoms with E-state index in [9.17, 15) is 14.9 Å². The van der Waals surface area contributed by atoms with Crippen LogP contribution in [0.1, 0.15) is 17.3 Å². The first-order chi connectivity index (χ1) is 8.04. The Morgan fingerprint density at radius 2 is 2.06 bits per heavy atom. The highest BCUT2D eigenvalue weighted by Gasteiger charge is 2.11. The molecule has 0 aliphatic heterocycles. The van der Waals surface area contributed by atoms with E-state index in [0.29, 0.717) is 5.56 Å². The number of ketones is 1. The van der Waals surface area contributed by atoms with E-state index in [-0.39, 0.29) is 29.1 Å². The standard InChI is InChI=1S/C11H13NO4S/c1-8(6-13)17-7-11(14)9-2-4-10(5-3-9)12(15)16/h2-5,8,13H,6-7H2,1H3. The number of Topliss-reactive ketones (excluding diaryl/α,β-unsaturated/α-hetero) is 1. The van der Waals surface area contributed by atoms with Crippen molar-refractivity contribution < 1.29 is 14.8 Å². The summed E-state index contributed by atoms with van der Waals surface area (Å²) in [5.41, 5.74) is 0.422. The van der Waals surface area contributed by atoms with Gasteiger partial charge in [0.15, 0.2) is 5.78 Å². The molecular formula is C11H13NO4S. The van der Waals surface area contributed by atoms with E-state index >= 15 is 0 Å². The van der Waals surface area contributed by atoms with Gasteiger partial charge >= 0.3 is 0 Å². The second-order valence-corrected chi connectivity index (χ2v) is 4.96. The summed E-state index contributed by atoms with van der Waals surface area (Å²) in [6.07, 6.45) is 0. The first-order valence-corrected chi connectivity index (χ1v) is 6.09. The lowest BCUT2D eigenvalue weighted by Gasteiger charge is -2.06. The molecule has 0 saturated heterocycles. The third-order valence-corrected chi connectivity index (χ3v) is 3.30. The largest absolute Gasteiger partial charge is 0.395 e. The number of thioether (sulfide) groups is 1. The number of non-ortho nitro benzene ring substituents is 1. The molecule has 17 heavy (non-hydrogen) atoms. The summed E-state index contributed by atoms with van der Waals surface area (Å²) in [6.45, 7) is 1.85. The number of benzene rings is 1. The van der Waals surface area contributed by atoms with Crippen LogP contribution in [0.25, 0.3) is 0 Å². The molecule has 0 radical (unpaired) electrons. The van der Waals surface area contributed by atoms with Crippen molar-refractivity contribution in [1.82, 2.24) is 0 Å². The van der Waals surface area contributed by atoms with Crippen LogP contribution in [0, 0.1) is 10.1 Å². The third-order valence-electron chi connectivity index (χ3n) is 2.16. The maximum Gasteiger partial charge on any atom is 0.269 e. The monoisotopic (exact) mass is 255 g/mol. The quantitative estimate of drug-likeness (QED) is 0.477. The second kappa shape index (κ2) is 6.36. The summed E-state index contributed by atoms with van der Waals surface area (Å²) in [7, 11) is 0. The van der Waals surface area contributed by atoms with Crippen LogP contribution in [0.2, 0.25) is 0 Å². The Morgan fingerprint density at radius 3 is 2.53 bits per heavy atom. The van der Waals surface area contributed by atoms with Crippen molar-refractivity contribution in [3.8, 4) is 0 Å². The van der Waals surface area contributed by atoms with Gasteiger partial charge in [0.05, 0.1) is 17.3 Å². The molecular weight excluding hydrogens is 242 g/mol. The highest BCUT2D eigenvalue weighted by Crippen LogP contribution is 2.16. The molecule has 1 atom stereocenters. The third kappa shape index (κ3) is 4.16. The van der Waals surface area contributed by atoms with Gasteiger partial charge in [0.25, 0.3) is 5.69 Å². The molecule has 6 heteroatoms. The Balaban J connectivity index is 2.61. The number of carbonyl (C=O) groups is 1. The van der Waals surface area contributed by atoms with Crippen LogP contribution in [0.15, 0.2) is 24.3 Å². The summed E-state index contributed by atoms with van der Waals surface area (Å²) in [5, 5.41) is 19.2. The molecule has 1 unspecified atom stereocenters. The SMILES string of the molecule is CC(CO)SCC(=O)c1ccc([N+](=O)[O-])cc1. The molecule has 1 aromatic carbocycles. The lowest BCUT2D eigenvalue weighted by molar-refractivity contribution is -0.384. The predicted octanol–water partition coefficient (Wildman–Crippen LogP) is 1.89. The van der Waals surface area contributed by atoms with Gasteiger partial charge < -0.3 is 5.11 Å². The summed E-state index contributed by atoms with van der Waals surface area (Å²) in [6, 6.07) is 5.52. The van der Waals surface area contributed by atoms with Gasteiger partial charge in [-0.2, -0.15) is 0 Å². The maximum atomic E-state index is 11.7. The predicted molar refractivity (Wildman–Crippen MR) is 66.4 cm³/mol. The molecule has 0 aliphatic carbocycles. The van der Waals surface area contributed by atoms with Gasteiger partial charge in [0.1, 0.15) is 0 Å². The maximum absolute atomic E-state index is 11.7. The fraction of sp³-hybridized carbons (Fsp3) is 0.364. The van der Waals surface area contributed by atoms with Gasteiger partial charge in [-0.1, -0.05) is 6.92 Å². The van der Waals surface area contributed by atoms with Crippen LogP contribution in [0.5, 0.6) is 0 Å². The normalized spacial score (nSPS) is 12.1. The number of aliphatic hydroxyl groups is 1. The molecule has 0 saturated carbocycles. The molecule has 0 amide bonds. The molecule has 1 N–H and O–H groups in total. The van der Waals surface area contributed by atoms with E-state index in [1.807, 2.05) is 6.92 Å². The number of hydrogen-bond donors (Lipinski definition) is 1. The van der Waals surface area contributed by atoms with Gasteiger partial charge in [-0.15, -0.1) is 11.8 Å². The minimum atomic E-state index is -0.503. The molecule has 1 rings (SSSR count). The first kappa shape index (κ1) is 13.7. The highest BCUT2D eigenvalue weighted by molar-refractivity contribution is 8.00. The van der Waals surface area contributed by atoms with Crippen molar-refractivity contribution >= 4 is 23.2 Å². The average Bonchev–Trinajstić information content (AvgIpc) is 2.35. The van der Waals surface area contributed by atoms with E-state index in [1.165, 1.54) is 36.0 Å². The van der Waals surface area contributed by atoms with E-state index in [1.54, 1.807) is 0 Å². The number of nitro groups is 1. The molecule has 0 heterocycles. The van der Waals surface area contributed by atoms with Crippen LogP contribution in [0.4, 0.5) is 5.69 Å². The van der Waals surface area contributed by atoms with Crippen LogP contribution < -0.4 is 0 Å². The smallest absolute Gasteiger partial charge is 0.269 e. The van der Waals surface area contributed by atoms with Crippen LogP contribution in [-0.4, -0.2) is 33.4 Å². The molecule has 92 valence electrons. The van der Waals surface area contributed by atoms with Crippen LogP contribution in [0.3, 0.4) is 0 Å². The average molecular weight is 255 g/mol. The highest BCUT2D eigenvalue weighted by atomic mass is 32.2. The van der Waals surface area contributed by atoms with E-state index in [2.05, 4.69) is 0 Å². The van der Waals surface area contributed by atoms with E-state index in [4.69, 9.17) is 5.11 Å². The number of rotatable bonds is 6. The Hall–Kier alpha value is -1.40. The fourth-order valence-electron chi connectivity index (χ4n) is 1.12. The topological polar surface area (TPSA) is 80.4 Å². The van der Waals surface area contributed by atoms with E-state index in [0.717, 1.165) is 0 Å². The Kier molecular flexibility index (Phi) is 5.11. The lowest BCUT2D eigenvalue weighted by Crippen LogP contribution is -2.09. The van der Waals surface area contributed by atoms with E-state index < -0.39 is 4.92 Å². The second-order valence-electron chi connectivity index (χ2n) is 3.53. The number of nitrogens with zero attached hydrogens (tertiary/aromatic N) is 1. The molecule has 1 aromatic rings. The van der Waals surface area contributed by atoms with Gasteiger partial charge in [0.2, 0.25) is 0 Å². The summed E-state index contributed by atoms with van der Waals surface area (Å²) < 4.78 is 0. The van der Waals surface area contributed by atoms with Crippen molar-refractivity contribution in [1.29, 1.82) is 0 Å². The molecule has 0 bridgehead atoms. The minimum absolute atomic E-state index is 0.0111. The summed E-state index contributed by atoms with van der Waals surface area (Å²) >= 11 is 1.36. The number of aliphatic hydroxyl groups excluding tert-OH is 1. The minimum Gasteiger partial charge on any atom is -0.395 e. The molecule has 0 fully saturated rings. The van der Waals surface area contributed by atoms with Crippen molar-refractivity contribution in [3.05, 3.63) is 39.9 Å².